The first kappa shape index (κ1) is 14.4. The number of nitro benzene ring substituents is 1. The van der Waals surface area contributed by atoms with Crippen molar-refractivity contribution < 1.29 is 10.0 Å². The molecule has 0 unspecified atom stereocenters. The van der Waals surface area contributed by atoms with Crippen molar-refractivity contribution in [2.24, 2.45) is 4.99 Å². The van der Waals surface area contributed by atoms with Gasteiger partial charge in [0.25, 0.3) is 0 Å². The van der Waals surface area contributed by atoms with Crippen molar-refractivity contribution in [2.45, 2.75) is 6.92 Å². The Morgan fingerprint density at radius 3 is 2.70 bits per heavy atom. The summed E-state index contributed by atoms with van der Waals surface area (Å²) in [6.45, 7) is 1.99. The van der Waals surface area contributed by atoms with E-state index in [-0.39, 0.29) is 11.4 Å². The van der Waals surface area contributed by atoms with E-state index in [1.165, 1.54) is 18.3 Å². The summed E-state index contributed by atoms with van der Waals surface area (Å²) in [6.07, 6.45) is 1.54. The first-order valence-electron chi connectivity index (χ1n) is 5.75. The lowest BCUT2D eigenvalue weighted by molar-refractivity contribution is -0.385. The number of aromatic hydroxyl groups is 1. The lowest BCUT2D eigenvalue weighted by atomic mass is 10.2. The SMILES string of the molecule is Cc1cc(N=Cc2ccc(O)c([N+](=O)[O-])c2)ccc1I. The van der Waals surface area contributed by atoms with Crippen molar-refractivity contribution in [3.05, 3.63) is 61.2 Å². The van der Waals surface area contributed by atoms with E-state index in [2.05, 4.69) is 27.6 Å². The Bertz CT molecular complexity index is 699. The molecule has 0 spiro atoms. The van der Waals surface area contributed by atoms with Crippen molar-refractivity contribution in [2.75, 3.05) is 0 Å². The van der Waals surface area contributed by atoms with Crippen LogP contribution in [0.15, 0.2) is 41.4 Å². The van der Waals surface area contributed by atoms with Crippen LogP contribution in [-0.2, 0) is 0 Å². The van der Waals surface area contributed by atoms with E-state index in [9.17, 15) is 15.2 Å². The van der Waals surface area contributed by atoms with Gasteiger partial charge in [-0.15, -0.1) is 0 Å². The minimum atomic E-state index is -0.623. The summed E-state index contributed by atoms with van der Waals surface area (Å²) < 4.78 is 1.15. The van der Waals surface area contributed by atoms with Crippen LogP contribution in [-0.4, -0.2) is 16.2 Å². The van der Waals surface area contributed by atoms with E-state index in [0.29, 0.717) is 5.56 Å². The lowest BCUT2D eigenvalue weighted by Crippen LogP contribution is -1.90. The van der Waals surface area contributed by atoms with Crippen LogP contribution in [0.25, 0.3) is 0 Å². The van der Waals surface area contributed by atoms with Crippen molar-refractivity contribution in [3.8, 4) is 5.75 Å². The zero-order valence-electron chi connectivity index (χ0n) is 10.6. The van der Waals surface area contributed by atoms with Gasteiger partial charge in [0.05, 0.1) is 10.6 Å². The average Bonchev–Trinajstić information content (AvgIpc) is 2.41. The number of hydrogen-bond donors (Lipinski definition) is 1. The molecular formula is C14H11IN2O3. The highest BCUT2D eigenvalue weighted by molar-refractivity contribution is 14.1. The zero-order valence-corrected chi connectivity index (χ0v) is 12.7. The molecule has 6 heteroatoms. The Kier molecular flexibility index (Phi) is 4.33. The molecule has 2 aromatic rings. The van der Waals surface area contributed by atoms with Crippen LogP contribution in [0.3, 0.4) is 0 Å². The number of halogens is 1. The van der Waals surface area contributed by atoms with Crippen molar-refractivity contribution in [1.29, 1.82) is 0 Å². The summed E-state index contributed by atoms with van der Waals surface area (Å²) in [5.41, 5.74) is 2.13. The van der Waals surface area contributed by atoms with Gasteiger partial charge >= 0.3 is 5.69 Å². The molecule has 0 amide bonds. The third kappa shape index (κ3) is 3.32. The normalized spacial score (nSPS) is 10.9. The summed E-state index contributed by atoms with van der Waals surface area (Å²) in [4.78, 5) is 14.4. The smallest absolute Gasteiger partial charge is 0.311 e. The third-order valence-electron chi connectivity index (χ3n) is 2.70. The van der Waals surface area contributed by atoms with Crippen LogP contribution in [0.5, 0.6) is 5.75 Å². The molecule has 0 atom stereocenters. The Labute approximate surface area is 129 Å². The molecule has 0 saturated carbocycles. The summed E-state index contributed by atoms with van der Waals surface area (Å²) in [6, 6.07) is 9.93. The number of phenolic OH excluding ortho intramolecular Hbond substituents is 1. The standard InChI is InChI=1S/C14H11IN2O3/c1-9-6-11(3-4-12(9)15)16-8-10-2-5-14(18)13(7-10)17(19)20/h2-8,18H,1H3. The fourth-order valence-electron chi connectivity index (χ4n) is 1.63. The van der Waals surface area contributed by atoms with E-state index < -0.39 is 4.92 Å². The van der Waals surface area contributed by atoms with Gasteiger partial charge in [-0.25, -0.2) is 0 Å². The largest absolute Gasteiger partial charge is 0.502 e. The maximum atomic E-state index is 10.7. The van der Waals surface area contributed by atoms with E-state index in [1.54, 1.807) is 6.07 Å². The third-order valence-corrected chi connectivity index (χ3v) is 3.91. The number of benzene rings is 2. The fraction of sp³-hybridized carbons (Fsp3) is 0.0714. The van der Waals surface area contributed by atoms with Crippen LogP contribution in [0.4, 0.5) is 11.4 Å². The van der Waals surface area contributed by atoms with Gasteiger partial charge in [-0.2, -0.15) is 0 Å². The predicted octanol–water partition coefficient (Wildman–Crippen LogP) is 3.96. The molecule has 1 N–H and O–H groups in total. The second kappa shape index (κ2) is 6.00. The molecule has 102 valence electrons. The van der Waals surface area contributed by atoms with Crippen LogP contribution >= 0.6 is 22.6 Å². The number of aliphatic imine (C=N–C) groups is 1. The number of hydrogen-bond acceptors (Lipinski definition) is 4. The van der Waals surface area contributed by atoms with E-state index in [4.69, 9.17) is 0 Å². The van der Waals surface area contributed by atoms with Crippen LogP contribution in [0.2, 0.25) is 0 Å². The minimum Gasteiger partial charge on any atom is -0.502 e. The van der Waals surface area contributed by atoms with Crippen molar-refractivity contribution in [1.82, 2.24) is 0 Å². The first-order chi connectivity index (χ1) is 9.47. The molecule has 0 radical (unpaired) electrons. The highest BCUT2D eigenvalue weighted by atomic mass is 127. The summed E-state index contributed by atoms with van der Waals surface area (Å²) in [7, 11) is 0. The maximum absolute atomic E-state index is 10.7. The van der Waals surface area contributed by atoms with Crippen molar-refractivity contribution >= 4 is 40.2 Å². The molecule has 2 rings (SSSR count). The Balaban J connectivity index is 2.29. The predicted molar refractivity (Wildman–Crippen MR) is 85.9 cm³/mol. The zero-order chi connectivity index (χ0) is 14.7. The number of aryl methyl sites for hydroxylation is 1. The fourth-order valence-corrected chi connectivity index (χ4v) is 1.96. The first-order valence-corrected chi connectivity index (χ1v) is 6.83. The Morgan fingerprint density at radius 1 is 1.30 bits per heavy atom. The second-order valence-electron chi connectivity index (χ2n) is 4.20. The number of rotatable bonds is 3. The highest BCUT2D eigenvalue weighted by Crippen LogP contribution is 2.26. The monoisotopic (exact) mass is 382 g/mol. The molecule has 0 saturated heterocycles. The van der Waals surface area contributed by atoms with Crippen LogP contribution in [0.1, 0.15) is 11.1 Å². The number of nitrogens with zero attached hydrogens (tertiary/aromatic N) is 2. The van der Waals surface area contributed by atoms with Gasteiger partial charge in [-0.05, 0) is 71.0 Å². The molecule has 5 nitrogen and oxygen atoms in total. The van der Waals surface area contributed by atoms with Crippen LogP contribution < -0.4 is 0 Å². The van der Waals surface area contributed by atoms with Gasteiger partial charge < -0.3 is 5.11 Å². The maximum Gasteiger partial charge on any atom is 0.311 e. The van der Waals surface area contributed by atoms with Crippen molar-refractivity contribution in [3.63, 3.8) is 0 Å². The van der Waals surface area contributed by atoms with Gasteiger partial charge in [0.2, 0.25) is 0 Å². The molecule has 0 aliphatic carbocycles. The number of phenols is 1. The molecule has 0 aliphatic heterocycles. The Hall–Kier alpha value is -1.96. The highest BCUT2D eigenvalue weighted by Gasteiger charge is 2.12. The number of nitro groups is 1. The van der Waals surface area contributed by atoms with E-state index in [0.717, 1.165) is 14.8 Å². The molecule has 0 fully saturated rings. The van der Waals surface area contributed by atoms with Gasteiger partial charge in [0, 0.05) is 15.9 Å². The molecular weight excluding hydrogens is 371 g/mol. The van der Waals surface area contributed by atoms with E-state index in [1.807, 2.05) is 25.1 Å². The molecule has 0 heterocycles. The second-order valence-corrected chi connectivity index (χ2v) is 5.36. The summed E-state index contributed by atoms with van der Waals surface area (Å²) in [5, 5.41) is 20.1. The summed E-state index contributed by atoms with van der Waals surface area (Å²) >= 11 is 2.24. The molecule has 2 aromatic carbocycles. The Morgan fingerprint density at radius 2 is 2.05 bits per heavy atom. The lowest BCUT2D eigenvalue weighted by Gasteiger charge is -2.00. The van der Waals surface area contributed by atoms with Gasteiger partial charge in [0.1, 0.15) is 0 Å². The van der Waals surface area contributed by atoms with Gasteiger partial charge in [-0.1, -0.05) is 0 Å². The molecule has 0 aromatic heterocycles. The topological polar surface area (TPSA) is 75.7 Å². The average molecular weight is 382 g/mol. The quantitative estimate of drug-likeness (QED) is 0.378. The minimum absolute atomic E-state index is 0.326. The molecule has 0 bridgehead atoms. The molecule has 0 aliphatic rings. The van der Waals surface area contributed by atoms with Gasteiger partial charge in [0.15, 0.2) is 5.75 Å². The van der Waals surface area contributed by atoms with E-state index >= 15 is 0 Å². The summed E-state index contributed by atoms with van der Waals surface area (Å²) in [5.74, 6) is -0.350. The molecule has 20 heavy (non-hydrogen) atoms. The van der Waals surface area contributed by atoms with Crippen LogP contribution in [0, 0.1) is 20.6 Å². The van der Waals surface area contributed by atoms with Gasteiger partial charge in [-0.3, -0.25) is 15.1 Å².